The molecule has 49 heavy (non-hydrogen) atoms. The fourth-order valence-electron chi connectivity index (χ4n) is 7.28. The van der Waals surface area contributed by atoms with Gasteiger partial charge in [0.25, 0.3) is 0 Å². The van der Waals surface area contributed by atoms with Crippen molar-refractivity contribution in [3.8, 4) is 16.8 Å². The Morgan fingerprint density at radius 3 is 2.06 bits per heavy atom. The lowest BCUT2D eigenvalue weighted by molar-refractivity contribution is 1.12. The highest BCUT2D eigenvalue weighted by atomic mass is 15.1. The summed E-state index contributed by atoms with van der Waals surface area (Å²) in [5.41, 5.74) is 8.60. The molecule has 6 aromatic carbocycles. The van der Waals surface area contributed by atoms with Gasteiger partial charge < -0.3 is 4.57 Å². The van der Waals surface area contributed by atoms with Crippen LogP contribution in [0.5, 0.6) is 0 Å². The molecular weight excluding hydrogens is 597 g/mol. The number of para-hydroxylation sites is 1. The zero-order valence-corrected chi connectivity index (χ0v) is 27.1. The van der Waals surface area contributed by atoms with E-state index in [4.69, 9.17) is 9.98 Å². The third kappa shape index (κ3) is 4.68. The minimum Gasteiger partial charge on any atom is -0.315 e. The number of pyridine rings is 1. The Morgan fingerprint density at radius 1 is 0.612 bits per heavy atom. The van der Waals surface area contributed by atoms with Crippen LogP contribution in [0.4, 0.5) is 0 Å². The predicted molar refractivity (Wildman–Crippen MR) is 206 cm³/mol. The second-order valence-corrected chi connectivity index (χ2v) is 12.4. The Balaban J connectivity index is 1.48. The molecule has 0 saturated carbocycles. The number of aromatic nitrogens is 3. The summed E-state index contributed by atoms with van der Waals surface area (Å²) in [6, 6.07) is 53.3. The van der Waals surface area contributed by atoms with Gasteiger partial charge in [0.1, 0.15) is 5.84 Å². The van der Waals surface area contributed by atoms with Crippen molar-refractivity contribution in [3.63, 3.8) is 0 Å². The van der Waals surface area contributed by atoms with Crippen LogP contribution >= 0.6 is 0 Å². The third-order valence-corrected chi connectivity index (χ3v) is 9.47. The maximum Gasteiger partial charge on any atom is 0.111 e. The highest BCUT2D eigenvalue weighted by Gasteiger charge is 2.22. The second-order valence-electron chi connectivity index (χ2n) is 12.4. The summed E-state index contributed by atoms with van der Waals surface area (Å²) < 4.78 is 4.67. The molecule has 0 amide bonds. The summed E-state index contributed by atoms with van der Waals surface area (Å²) in [4.78, 5) is 10.2. The average Bonchev–Trinajstić information content (AvgIpc) is 3.75. The smallest absolute Gasteiger partial charge is 0.111 e. The van der Waals surface area contributed by atoms with Crippen LogP contribution in [0.2, 0.25) is 0 Å². The minimum atomic E-state index is 0.767. The highest BCUT2D eigenvalue weighted by molar-refractivity contribution is 6.33. The maximum absolute atomic E-state index is 5.46. The Labute approximate surface area is 283 Å². The number of hydrogen-bond acceptors (Lipinski definition) is 2. The molecule has 0 fully saturated rings. The SMILES string of the molecule is C=c1cccn/c1=C(/N=C(C)n1c2ccc(-c3ccccc3)cc2c2c3ccccc3c3ccn(-c4ccccc4)c3c21)c1ccccc1. The molecule has 4 heteroatoms. The van der Waals surface area contributed by atoms with E-state index in [2.05, 4.69) is 150 Å². The second kappa shape index (κ2) is 11.6. The van der Waals surface area contributed by atoms with Crippen molar-refractivity contribution < 1.29 is 0 Å². The summed E-state index contributed by atoms with van der Waals surface area (Å²) >= 11 is 0. The molecule has 0 atom stereocenters. The van der Waals surface area contributed by atoms with Crippen LogP contribution in [0.15, 0.2) is 169 Å². The van der Waals surface area contributed by atoms with E-state index in [0.717, 1.165) is 49.9 Å². The van der Waals surface area contributed by atoms with Gasteiger partial charge in [-0.05, 0) is 70.4 Å². The molecule has 0 bridgehead atoms. The summed E-state index contributed by atoms with van der Waals surface area (Å²) in [6.07, 6.45) is 4.01. The molecule has 3 aromatic heterocycles. The normalized spacial score (nSPS) is 12.7. The molecule has 4 nitrogen and oxygen atoms in total. The lowest BCUT2D eigenvalue weighted by Gasteiger charge is -2.14. The first-order valence-electron chi connectivity index (χ1n) is 16.5. The standard InChI is InChI=1S/C45H32N4/c1-30-15-14-27-46-42(30)43(33-18-8-4-9-19-33)47-31(2)49-40-25-24-34(32-16-6-3-7-17-32)29-39(40)41-37-23-13-12-22-36(37)38-26-28-48(44(38)45(41)49)35-20-10-5-11-21-35/h3-29H,1H2,2H3/b43-42+,47-31?. The summed E-state index contributed by atoms with van der Waals surface area (Å²) in [6.45, 7) is 6.43. The summed E-state index contributed by atoms with van der Waals surface area (Å²) in [5, 5.41) is 7.63. The van der Waals surface area contributed by atoms with Crippen LogP contribution in [-0.2, 0) is 0 Å². The zero-order valence-electron chi connectivity index (χ0n) is 27.1. The van der Waals surface area contributed by atoms with Gasteiger partial charge in [0.15, 0.2) is 0 Å². The van der Waals surface area contributed by atoms with Crippen molar-refractivity contribution >= 4 is 61.6 Å². The van der Waals surface area contributed by atoms with E-state index < -0.39 is 0 Å². The minimum absolute atomic E-state index is 0.767. The molecule has 0 aliphatic heterocycles. The monoisotopic (exact) mass is 628 g/mol. The van der Waals surface area contributed by atoms with Crippen LogP contribution in [0.1, 0.15) is 12.5 Å². The molecule has 0 saturated heterocycles. The van der Waals surface area contributed by atoms with E-state index in [1.165, 1.54) is 38.1 Å². The molecule has 232 valence electrons. The van der Waals surface area contributed by atoms with E-state index >= 15 is 0 Å². The number of nitrogens with zero attached hydrogens (tertiary/aromatic N) is 4. The Hall–Kier alpha value is -6.52. The van der Waals surface area contributed by atoms with Crippen molar-refractivity contribution in [2.24, 2.45) is 4.99 Å². The predicted octanol–water partition coefficient (Wildman–Crippen LogP) is 9.49. The first kappa shape index (κ1) is 28.7. The highest BCUT2D eigenvalue weighted by Crippen LogP contribution is 2.43. The number of benzene rings is 6. The molecular formula is C45H32N4. The topological polar surface area (TPSA) is 35.1 Å². The van der Waals surface area contributed by atoms with Gasteiger partial charge in [-0.15, -0.1) is 0 Å². The van der Waals surface area contributed by atoms with Gasteiger partial charge in [-0.2, -0.15) is 0 Å². The first-order valence-corrected chi connectivity index (χ1v) is 16.5. The molecule has 3 heterocycles. The van der Waals surface area contributed by atoms with Crippen molar-refractivity contribution in [3.05, 3.63) is 180 Å². The van der Waals surface area contributed by atoms with Crippen LogP contribution in [-0.4, -0.2) is 20.0 Å². The van der Waals surface area contributed by atoms with Crippen LogP contribution in [0.3, 0.4) is 0 Å². The van der Waals surface area contributed by atoms with Gasteiger partial charge in [0.2, 0.25) is 0 Å². The largest absolute Gasteiger partial charge is 0.315 e. The van der Waals surface area contributed by atoms with Crippen molar-refractivity contribution in [1.29, 1.82) is 0 Å². The van der Waals surface area contributed by atoms with Gasteiger partial charge in [0.05, 0.1) is 27.6 Å². The lowest BCUT2D eigenvalue weighted by Crippen LogP contribution is -2.29. The maximum atomic E-state index is 5.46. The van der Waals surface area contributed by atoms with Crippen LogP contribution in [0.25, 0.3) is 72.6 Å². The van der Waals surface area contributed by atoms with Crippen LogP contribution < -0.4 is 10.6 Å². The zero-order chi connectivity index (χ0) is 32.9. The number of rotatable bonds is 4. The van der Waals surface area contributed by atoms with Crippen molar-refractivity contribution in [1.82, 2.24) is 14.1 Å². The van der Waals surface area contributed by atoms with Crippen molar-refractivity contribution in [2.45, 2.75) is 6.92 Å². The molecule has 0 aliphatic carbocycles. The fourth-order valence-corrected chi connectivity index (χ4v) is 7.28. The van der Waals surface area contributed by atoms with Gasteiger partial charge >= 0.3 is 0 Å². The molecule has 0 N–H and O–H groups in total. The molecule has 0 radical (unpaired) electrons. The van der Waals surface area contributed by atoms with Gasteiger partial charge in [0, 0.05) is 39.8 Å². The third-order valence-electron chi connectivity index (χ3n) is 9.47. The molecule has 9 rings (SSSR count). The number of hydrogen-bond donors (Lipinski definition) is 0. The lowest BCUT2D eigenvalue weighted by atomic mass is 9.98. The van der Waals surface area contributed by atoms with E-state index in [0.29, 0.717) is 0 Å². The first-order chi connectivity index (χ1) is 24.2. The summed E-state index contributed by atoms with van der Waals surface area (Å²) in [5.74, 6) is 0.841. The van der Waals surface area contributed by atoms with E-state index in [9.17, 15) is 0 Å². The quantitative estimate of drug-likeness (QED) is 0.141. The Bertz CT molecular complexity index is 2830. The average molecular weight is 629 g/mol. The molecule has 0 unspecified atom stereocenters. The summed E-state index contributed by atoms with van der Waals surface area (Å²) in [7, 11) is 0. The van der Waals surface area contributed by atoms with Gasteiger partial charge in [-0.1, -0.05) is 122 Å². The number of aliphatic imine (C=N–C) groups is 1. The molecule has 0 aliphatic rings. The fraction of sp³-hybridized carbons (Fsp3) is 0.0222. The Morgan fingerprint density at radius 2 is 1.31 bits per heavy atom. The Kier molecular flexibility index (Phi) is 6.80. The van der Waals surface area contributed by atoms with Gasteiger partial charge in [-0.25, -0.2) is 4.99 Å². The van der Waals surface area contributed by atoms with Crippen LogP contribution in [0, 0.1) is 0 Å². The molecule has 0 spiro atoms. The van der Waals surface area contributed by atoms with Gasteiger partial charge in [-0.3, -0.25) is 9.55 Å². The number of fused-ring (bicyclic) bond motifs is 8. The van der Waals surface area contributed by atoms with Crippen molar-refractivity contribution in [2.75, 3.05) is 0 Å². The molecule has 9 aromatic rings. The van der Waals surface area contributed by atoms with E-state index in [1.807, 2.05) is 36.5 Å². The van der Waals surface area contributed by atoms with E-state index in [-0.39, 0.29) is 0 Å². The van der Waals surface area contributed by atoms with E-state index in [1.54, 1.807) is 0 Å².